The van der Waals surface area contributed by atoms with Crippen LogP contribution in [-0.4, -0.2) is 36.5 Å². The third-order valence-corrected chi connectivity index (χ3v) is 5.49. The summed E-state index contributed by atoms with van der Waals surface area (Å²) in [6, 6.07) is 7.38. The second-order valence-corrected chi connectivity index (χ2v) is 8.63. The van der Waals surface area contributed by atoms with Crippen LogP contribution in [0.25, 0.3) is 0 Å². The normalized spacial score (nSPS) is 12.5. The fraction of sp³-hybridized carbons (Fsp3) is 0.654. The van der Waals surface area contributed by atoms with E-state index in [0.29, 0.717) is 6.54 Å². The number of hydrogen-bond donors (Lipinski definition) is 3. The summed E-state index contributed by atoms with van der Waals surface area (Å²) >= 11 is 0. The van der Waals surface area contributed by atoms with Gasteiger partial charge in [-0.2, -0.15) is 0 Å². The van der Waals surface area contributed by atoms with E-state index >= 15 is 0 Å². The van der Waals surface area contributed by atoms with Gasteiger partial charge in [0.25, 0.3) is 0 Å². The Bertz CT molecular complexity index is 681. The lowest BCUT2D eigenvalue weighted by molar-refractivity contribution is -0.148. The topological polar surface area (TPSA) is 96.5 Å². The number of benzene rings is 1. The number of carbonyl (C=O) groups excluding carboxylic acids is 3. The standard InChI is InChI=1S/C26H43N3O4/c1-4-5-6-7-8-9-10-11-12-16-19-27-26(32)29-21(2)24(30)28-22(3)25(31)33-20-23-17-14-13-15-18-23/h13-15,17-18,21-22H,4-12,16,19-20H2,1-3H3,(H,28,30)(H2,27,29,32)/t21-,22-/m0/s1. The van der Waals surface area contributed by atoms with Crippen molar-refractivity contribution in [3.05, 3.63) is 35.9 Å². The molecule has 33 heavy (non-hydrogen) atoms. The first-order valence-electron chi connectivity index (χ1n) is 12.5. The van der Waals surface area contributed by atoms with Crippen molar-refractivity contribution in [3.8, 4) is 0 Å². The largest absolute Gasteiger partial charge is 0.459 e. The van der Waals surface area contributed by atoms with Crippen LogP contribution in [0.3, 0.4) is 0 Å². The molecule has 0 aliphatic carbocycles. The van der Waals surface area contributed by atoms with Crippen molar-refractivity contribution in [2.75, 3.05) is 6.54 Å². The maximum Gasteiger partial charge on any atom is 0.328 e. The number of nitrogens with one attached hydrogen (secondary N) is 3. The lowest BCUT2D eigenvalue weighted by Gasteiger charge is -2.18. The highest BCUT2D eigenvalue weighted by Crippen LogP contribution is 2.10. The summed E-state index contributed by atoms with van der Waals surface area (Å²) in [5.41, 5.74) is 0.874. The number of ether oxygens (including phenoxy) is 1. The predicted molar refractivity (Wildman–Crippen MR) is 132 cm³/mol. The Labute approximate surface area is 199 Å². The molecule has 0 aromatic heterocycles. The number of carbonyl (C=O) groups is 3. The second-order valence-electron chi connectivity index (χ2n) is 8.63. The van der Waals surface area contributed by atoms with Crippen LogP contribution in [0, 0.1) is 0 Å². The van der Waals surface area contributed by atoms with E-state index in [1.807, 2.05) is 30.3 Å². The summed E-state index contributed by atoms with van der Waals surface area (Å²) in [4.78, 5) is 36.4. The minimum Gasteiger partial charge on any atom is -0.459 e. The molecule has 0 aliphatic heterocycles. The zero-order chi connectivity index (χ0) is 24.3. The summed E-state index contributed by atoms with van der Waals surface area (Å²) in [5.74, 6) is -0.960. The SMILES string of the molecule is CCCCCCCCCCCCNC(=O)N[C@@H](C)C(=O)N[C@@H](C)C(=O)OCc1ccccc1. The molecule has 7 heteroatoms. The lowest BCUT2D eigenvalue weighted by Crippen LogP contribution is -2.51. The number of amides is 3. The van der Waals surface area contributed by atoms with Crippen molar-refractivity contribution in [2.45, 2.75) is 104 Å². The highest BCUT2D eigenvalue weighted by atomic mass is 16.5. The van der Waals surface area contributed by atoms with Gasteiger partial charge in [-0.3, -0.25) is 4.79 Å². The van der Waals surface area contributed by atoms with Crippen molar-refractivity contribution < 1.29 is 19.1 Å². The molecule has 0 unspecified atom stereocenters. The monoisotopic (exact) mass is 461 g/mol. The van der Waals surface area contributed by atoms with Gasteiger partial charge in [-0.15, -0.1) is 0 Å². The average molecular weight is 462 g/mol. The summed E-state index contributed by atoms with van der Waals surface area (Å²) in [5, 5.41) is 7.97. The molecule has 1 aromatic rings. The first-order chi connectivity index (χ1) is 15.9. The molecule has 2 atom stereocenters. The average Bonchev–Trinajstić information content (AvgIpc) is 2.81. The Kier molecular flexibility index (Phi) is 15.5. The third-order valence-electron chi connectivity index (χ3n) is 5.49. The summed E-state index contributed by atoms with van der Waals surface area (Å²) in [6.07, 6.45) is 12.4. The number of urea groups is 1. The van der Waals surface area contributed by atoms with Gasteiger partial charge in [0, 0.05) is 6.54 Å². The molecule has 0 aliphatic rings. The molecule has 3 N–H and O–H groups in total. The van der Waals surface area contributed by atoms with E-state index < -0.39 is 24.0 Å². The second kappa shape index (κ2) is 17.9. The fourth-order valence-electron chi connectivity index (χ4n) is 3.38. The van der Waals surface area contributed by atoms with Gasteiger partial charge in [0.1, 0.15) is 18.7 Å². The highest BCUT2D eigenvalue weighted by molar-refractivity contribution is 5.89. The zero-order valence-corrected chi connectivity index (χ0v) is 20.7. The van der Waals surface area contributed by atoms with E-state index in [4.69, 9.17) is 4.74 Å². The van der Waals surface area contributed by atoms with Crippen LogP contribution < -0.4 is 16.0 Å². The van der Waals surface area contributed by atoms with E-state index in [9.17, 15) is 14.4 Å². The molecule has 1 aromatic carbocycles. The third kappa shape index (κ3) is 14.2. The summed E-state index contributed by atoms with van der Waals surface area (Å²) in [6.45, 7) is 6.10. The van der Waals surface area contributed by atoms with E-state index in [1.165, 1.54) is 51.4 Å². The Balaban J connectivity index is 2.09. The molecule has 0 bridgehead atoms. The molecule has 0 saturated carbocycles. The molecule has 1 rings (SSSR count). The summed E-state index contributed by atoms with van der Waals surface area (Å²) < 4.78 is 5.22. The van der Waals surface area contributed by atoms with Crippen molar-refractivity contribution in [1.29, 1.82) is 0 Å². The van der Waals surface area contributed by atoms with Crippen LogP contribution in [0.4, 0.5) is 4.79 Å². The van der Waals surface area contributed by atoms with Gasteiger partial charge in [0.05, 0.1) is 0 Å². The predicted octanol–water partition coefficient (Wildman–Crippen LogP) is 4.84. The molecular formula is C26H43N3O4. The maximum atomic E-state index is 12.3. The van der Waals surface area contributed by atoms with Gasteiger partial charge in [0.15, 0.2) is 0 Å². The lowest BCUT2D eigenvalue weighted by atomic mass is 10.1. The molecule has 0 heterocycles. The van der Waals surface area contributed by atoms with Crippen molar-refractivity contribution >= 4 is 17.9 Å². The Morgan fingerprint density at radius 2 is 1.36 bits per heavy atom. The first-order valence-corrected chi connectivity index (χ1v) is 12.5. The van der Waals surface area contributed by atoms with Gasteiger partial charge < -0.3 is 20.7 Å². The van der Waals surface area contributed by atoms with Gasteiger partial charge in [-0.05, 0) is 25.8 Å². The van der Waals surface area contributed by atoms with E-state index in [-0.39, 0.29) is 12.6 Å². The van der Waals surface area contributed by atoms with Crippen molar-refractivity contribution in [2.24, 2.45) is 0 Å². The van der Waals surface area contributed by atoms with Crippen molar-refractivity contribution in [1.82, 2.24) is 16.0 Å². The molecule has 3 amide bonds. The molecular weight excluding hydrogens is 418 g/mol. The van der Waals surface area contributed by atoms with Crippen LogP contribution in [0.1, 0.15) is 90.5 Å². The molecule has 186 valence electrons. The minimum atomic E-state index is -0.805. The molecule has 0 fully saturated rings. The minimum absolute atomic E-state index is 0.148. The molecule has 0 saturated heterocycles. The van der Waals surface area contributed by atoms with Crippen molar-refractivity contribution in [3.63, 3.8) is 0 Å². The van der Waals surface area contributed by atoms with Crippen LogP contribution in [0.15, 0.2) is 30.3 Å². The van der Waals surface area contributed by atoms with Gasteiger partial charge in [0.2, 0.25) is 5.91 Å². The first kappa shape index (κ1) is 28.5. The fourth-order valence-corrected chi connectivity index (χ4v) is 3.38. The molecule has 0 radical (unpaired) electrons. The van der Waals surface area contributed by atoms with Crippen LogP contribution in [0.2, 0.25) is 0 Å². The number of unbranched alkanes of at least 4 members (excludes halogenated alkanes) is 9. The van der Waals surface area contributed by atoms with Gasteiger partial charge in [-0.1, -0.05) is 95.0 Å². The number of esters is 1. The maximum absolute atomic E-state index is 12.3. The highest BCUT2D eigenvalue weighted by Gasteiger charge is 2.21. The van der Waals surface area contributed by atoms with E-state index in [2.05, 4.69) is 22.9 Å². The van der Waals surface area contributed by atoms with Gasteiger partial charge in [-0.25, -0.2) is 9.59 Å². The summed E-state index contributed by atoms with van der Waals surface area (Å²) in [7, 11) is 0. The smallest absolute Gasteiger partial charge is 0.328 e. The molecule has 0 spiro atoms. The molecule has 7 nitrogen and oxygen atoms in total. The van der Waals surface area contributed by atoms with Gasteiger partial charge >= 0.3 is 12.0 Å². The van der Waals surface area contributed by atoms with E-state index in [1.54, 1.807) is 13.8 Å². The Morgan fingerprint density at radius 3 is 1.97 bits per heavy atom. The Hall–Kier alpha value is -2.57. The zero-order valence-electron chi connectivity index (χ0n) is 20.7. The number of rotatable bonds is 17. The van der Waals surface area contributed by atoms with Crippen LogP contribution in [0.5, 0.6) is 0 Å². The number of hydrogen-bond acceptors (Lipinski definition) is 4. The quantitative estimate of drug-likeness (QED) is 0.228. The van der Waals surface area contributed by atoms with Crippen LogP contribution >= 0.6 is 0 Å². The van der Waals surface area contributed by atoms with Crippen LogP contribution in [-0.2, 0) is 20.9 Å². The van der Waals surface area contributed by atoms with E-state index in [0.717, 1.165) is 18.4 Å². The Morgan fingerprint density at radius 1 is 0.788 bits per heavy atom.